The van der Waals surface area contributed by atoms with Gasteiger partial charge in [-0.2, -0.15) is 0 Å². The largest absolute Gasteiger partial charge is 0.522 e. The summed E-state index contributed by atoms with van der Waals surface area (Å²) in [7, 11) is -2.33. The zero-order valence-electron chi connectivity index (χ0n) is 12.7. The number of piperidine rings is 2. The predicted octanol–water partition coefficient (Wildman–Crippen LogP) is 2.47. The summed E-state index contributed by atoms with van der Waals surface area (Å²) in [5.41, 5.74) is 0. The van der Waals surface area contributed by atoms with E-state index >= 15 is 0 Å². The number of rotatable bonds is 6. The molecule has 2 aliphatic rings. The van der Waals surface area contributed by atoms with Gasteiger partial charge in [-0.3, -0.25) is 9.13 Å². The first-order valence-corrected chi connectivity index (χ1v) is 9.82. The van der Waals surface area contributed by atoms with Crippen molar-refractivity contribution in [1.29, 1.82) is 0 Å². The van der Waals surface area contributed by atoms with Crippen molar-refractivity contribution in [2.75, 3.05) is 39.4 Å². The first-order valence-electron chi connectivity index (χ1n) is 8.11. The van der Waals surface area contributed by atoms with E-state index < -0.39 is 8.88 Å². The molecule has 5 heteroatoms. The van der Waals surface area contributed by atoms with E-state index in [1.165, 1.54) is 38.5 Å². The van der Waals surface area contributed by atoms with E-state index in [0.717, 1.165) is 39.4 Å². The molecule has 0 aromatic rings. The van der Waals surface area contributed by atoms with Gasteiger partial charge in [0.15, 0.2) is 0 Å². The molecular weight excluding hydrogens is 256 g/mol. The summed E-state index contributed by atoms with van der Waals surface area (Å²) in [6.07, 6.45) is 7.90. The lowest BCUT2D eigenvalue weighted by Crippen LogP contribution is -2.71. The van der Waals surface area contributed by atoms with Crippen LogP contribution < -0.4 is 0 Å². The fourth-order valence-corrected chi connectivity index (χ4v) is 7.06. The van der Waals surface area contributed by atoms with Crippen molar-refractivity contribution in [2.45, 2.75) is 52.4 Å². The summed E-state index contributed by atoms with van der Waals surface area (Å²) in [6, 6.07) is 0. The topological polar surface area (TPSA) is 24.9 Å². The Bertz CT molecular complexity index is 228. The lowest BCUT2D eigenvalue weighted by atomic mass is 10.2. The smallest absolute Gasteiger partial charge is 0.371 e. The molecule has 2 heterocycles. The van der Waals surface area contributed by atoms with Crippen LogP contribution in [0.3, 0.4) is 0 Å². The fourth-order valence-electron chi connectivity index (χ4n) is 3.34. The second-order valence-corrected chi connectivity index (χ2v) is 8.45. The summed E-state index contributed by atoms with van der Waals surface area (Å²) in [5.74, 6) is 0. The lowest BCUT2D eigenvalue weighted by Gasteiger charge is -2.47. The molecule has 2 fully saturated rings. The molecule has 0 spiro atoms. The summed E-state index contributed by atoms with van der Waals surface area (Å²) < 4.78 is 17.8. The molecule has 0 radical (unpaired) electrons. The minimum Gasteiger partial charge on any atom is -0.371 e. The van der Waals surface area contributed by atoms with Crippen LogP contribution in [0.25, 0.3) is 0 Å². The average Bonchev–Trinajstić information content (AvgIpc) is 2.49. The molecule has 2 saturated heterocycles. The number of hydrogen-bond donors (Lipinski definition) is 0. The highest BCUT2D eigenvalue weighted by Crippen LogP contribution is 2.26. The van der Waals surface area contributed by atoms with Crippen molar-refractivity contribution in [3.8, 4) is 0 Å². The lowest BCUT2D eigenvalue weighted by molar-refractivity contribution is 0.0488. The molecule has 0 amide bonds. The Morgan fingerprint density at radius 3 is 1.37 bits per heavy atom. The van der Waals surface area contributed by atoms with Gasteiger partial charge in [0.2, 0.25) is 0 Å². The van der Waals surface area contributed by atoms with Crippen LogP contribution in [0.15, 0.2) is 0 Å². The zero-order chi connectivity index (χ0) is 13.6. The van der Waals surface area contributed by atoms with E-state index in [1.807, 2.05) is 0 Å². The quantitative estimate of drug-likeness (QED) is 0.700. The van der Waals surface area contributed by atoms with Crippen LogP contribution in [-0.4, -0.2) is 57.4 Å². The molecule has 2 rings (SSSR count). The Morgan fingerprint density at radius 1 is 0.684 bits per heavy atom. The normalized spacial score (nSPS) is 23.7. The molecule has 4 nitrogen and oxygen atoms in total. The van der Waals surface area contributed by atoms with Crippen LogP contribution in [0.2, 0.25) is 0 Å². The van der Waals surface area contributed by atoms with Crippen LogP contribution >= 0.6 is 0 Å². The van der Waals surface area contributed by atoms with Crippen LogP contribution in [0.4, 0.5) is 0 Å². The van der Waals surface area contributed by atoms with Crippen molar-refractivity contribution >= 4 is 8.88 Å². The highest BCUT2D eigenvalue weighted by Gasteiger charge is 2.51. The monoisotopic (exact) mass is 286 g/mol. The third-order valence-corrected chi connectivity index (χ3v) is 8.00. The van der Waals surface area contributed by atoms with Crippen LogP contribution in [-0.2, 0) is 8.85 Å². The molecule has 0 aromatic heterocycles. The molecular formula is C14H30N2O2Si. The van der Waals surface area contributed by atoms with Gasteiger partial charge in [0.25, 0.3) is 0 Å². The van der Waals surface area contributed by atoms with Crippen molar-refractivity contribution < 1.29 is 8.85 Å². The van der Waals surface area contributed by atoms with E-state index in [4.69, 9.17) is 8.85 Å². The van der Waals surface area contributed by atoms with E-state index in [9.17, 15) is 0 Å². The molecule has 0 N–H and O–H groups in total. The summed E-state index contributed by atoms with van der Waals surface area (Å²) in [4.78, 5) is 0. The minimum atomic E-state index is -2.33. The minimum absolute atomic E-state index is 0.763. The van der Waals surface area contributed by atoms with Crippen LogP contribution in [0.5, 0.6) is 0 Å². The average molecular weight is 286 g/mol. The summed E-state index contributed by atoms with van der Waals surface area (Å²) >= 11 is 0. The van der Waals surface area contributed by atoms with E-state index in [1.54, 1.807) is 0 Å². The van der Waals surface area contributed by atoms with E-state index in [-0.39, 0.29) is 0 Å². The van der Waals surface area contributed by atoms with Gasteiger partial charge in [-0.1, -0.05) is 12.8 Å². The Labute approximate surface area is 119 Å². The van der Waals surface area contributed by atoms with Crippen molar-refractivity contribution in [2.24, 2.45) is 0 Å². The van der Waals surface area contributed by atoms with Crippen molar-refractivity contribution in [3.05, 3.63) is 0 Å². The fraction of sp³-hybridized carbons (Fsp3) is 1.00. The van der Waals surface area contributed by atoms with Crippen molar-refractivity contribution in [3.63, 3.8) is 0 Å². The molecule has 0 atom stereocenters. The molecule has 112 valence electrons. The van der Waals surface area contributed by atoms with E-state index in [0.29, 0.717) is 0 Å². The number of hydrogen-bond acceptors (Lipinski definition) is 4. The summed E-state index contributed by atoms with van der Waals surface area (Å²) in [6.45, 7) is 10.4. The zero-order valence-corrected chi connectivity index (χ0v) is 13.7. The molecule has 0 saturated carbocycles. The SMILES string of the molecule is CCO[Si](OCC)(N1CCCCC1)N1CCCCC1. The van der Waals surface area contributed by atoms with Gasteiger partial charge in [-0.25, -0.2) is 0 Å². The van der Waals surface area contributed by atoms with Crippen molar-refractivity contribution in [1.82, 2.24) is 9.13 Å². The van der Waals surface area contributed by atoms with Gasteiger partial charge in [-0.05, 0) is 65.7 Å². The maximum absolute atomic E-state index is 6.32. The summed E-state index contributed by atoms with van der Waals surface area (Å²) in [5, 5.41) is 0. The molecule has 19 heavy (non-hydrogen) atoms. The Morgan fingerprint density at radius 2 is 1.05 bits per heavy atom. The molecule has 2 aliphatic heterocycles. The third-order valence-electron chi connectivity index (χ3n) is 4.18. The standard InChI is InChI=1S/C14H30N2O2Si/c1-3-17-19(18-4-2,15-11-7-5-8-12-15)16-13-9-6-10-14-16/h3-14H2,1-2H3. The highest BCUT2D eigenvalue weighted by molar-refractivity contribution is 6.61. The first-order chi connectivity index (χ1) is 9.33. The molecule has 0 aromatic carbocycles. The second-order valence-electron chi connectivity index (χ2n) is 5.51. The Hall–Kier alpha value is 0.0569. The predicted molar refractivity (Wildman–Crippen MR) is 79.9 cm³/mol. The van der Waals surface area contributed by atoms with Gasteiger partial charge >= 0.3 is 8.88 Å². The molecule has 0 aliphatic carbocycles. The van der Waals surface area contributed by atoms with Gasteiger partial charge in [0, 0.05) is 13.2 Å². The Balaban J connectivity index is 2.16. The molecule has 0 unspecified atom stereocenters. The van der Waals surface area contributed by atoms with Crippen LogP contribution in [0.1, 0.15) is 52.4 Å². The number of nitrogens with zero attached hydrogens (tertiary/aromatic N) is 2. The maximum atomic E-state index is 6.32. The maximum Gasteiger partial charge on any atom is 0.522 e. The van der Waals surface area contributed by atoms with Gasteiger partial charge < -0.3 is 8.85 Å². The van der Waals surface area contributed by atoms with Gasteiger partial charge in [0.1, 0.15) is 0 Å². The third kappa shape index (κ3) is 3.58. The highest BCUT2D eigenvalue weighted by atomic mass is 28.4. The first kappa shape index (κ1) is 15.4. The van der Waals surface area contributed by atoms with Gasteiger partial charge in [-0.15, -0.1) is 0 Å². The molecule has 0 bridgehead atoms. The van der Waals surface area contributed by atoms with Crippen LogP contribution in [0, 0.1) is 0 Å². The van der Waals surface area contributed by atoms with E-state index in [2.05, 4.69) is 23.0 Å². The van der Waals surface area contributed by atoms with Gasteiger partial charge in [0.05, 0.1) is 0 Å². The Kier molecular flexibility index (Phi) is 6.29. The second kappa shape index (κ2) is 7.74.